The van der Waals surface area contributed by atoms with Gasteiger partial charge in [-0.05, 0) is 12.8 Å². The van der Waals surface area contributed by atoms with Crippen LogP contribution in [0.4, 0.5) is 0 Å². The number of unbranched alkanes of at least 4 members (excludes halogenated alkanes) is 28. The van der Waals surface area contributed by atoms with E-state index in [1.54, 1.807) is 0 Å². The van der Waals surface area contributed by atoms with Crippen molar-refractivity contribution < 1.29 is 14.7 Å². The Balaban J connectivity index is 3.65. The number of rotatable bonds is 35. The fourth-order valence-corrected chi connectivity index (χ4v) is 6.21. The summed E-state index contributed by atoms with van der Waals surface area (Å²) in [5.41, 5.74) is 5.66. The highest BCUT2D eigenvalue weighted by Crippen LogP contribution is 2.18. The summed E-state index contributed by atoms with van der Waals surface area (Å²) < 4.78 is 0. The summed E-state index contributed by atoms with van der Waals surface area (Å²) in [6.45, 7) is 4.54. The number of aliphatic hydroxyl groups excluding tert-OH is 1. The number of ketones is 2. The van der Waals surface area contributed by atoms with Crippen LogP contribution in [0.2, 0.25) is 0 Å². The smallest absolute Gasteiger partial charge is 0.147 e. The van der Waals surface area contributed by atoms with Crippen molar-refractivity contribution in [1.82, 2.24) is 0 Å². The summed E-state index contributed by atoms with van der Waals surface area (Å²) in [6.07, 6.45) is 37.9. The van der Waals surface area contributed by atoms with E-state index >= 15 is 0 Å². The molecule has 0 spiro atoms. The predicted octanol–water partition coefficient (Wildman–Crippen LogP) is 11.5. The molecule has 0 aromatic rings. The molecule has 0 bridgehead atoms. The van der Waals surface area contributed by atoms with E-state index in [9.17, 15) is 14.7 Å². The summed E-state index contributed by atoms with van der Waals surface area (Å²) >= 11 is 0. The zero-order chi connectivity index (χ0) is 30.9. The lowest BCUT2D eigenvalue weighted by Gasteiger charge is -2.17. The zero-order valence-electron chi connectivity index (χ0n) is 28.6. The number of Topliss-reactive ketones (excluding diaryl/α,β-unsaturated/α-hetero) is 2. The van der Waals surface area contributed by atoms with Crippen molar-refractivity contribution in [2.24, 2.45) is 11.7 Å². The third kappa shape index (κ3) is 28.1. The van der Waals surface area contributed by atoms with Crippen LogP contribution in [0.25, 0.3) is 0 Å². The molecule has 4 nitrogen and oxygen atoms in total. The second-order valence-electron chi connectivity index (χ2n) is 13.3. The number of hydrogen-bond acceptors (Lipinski definition) is 4. The molecule has 250 valence electrons. The van der Waals surface area contributed by atoms with Gasteiger partial charge in [0.25, 0.3) is 0 Å². The van der Waals surface area contributed by atoms with E-state index in [1.807, 2.05) is 0 Å². The molecule has 0 aliphatic heterocycles. The molecule has 3 N–H and O–H groups in total. The van der Waals surface area contributed by atoms with Gasteiger partial charge in [0.1, 0.15) is 23.7 Å². The van der Waals surface area contributed by atoms with Gasteiger partial charge in [-0.25, -0.2) is 0 Å². The average molecular weight is 594 g/mol. The minimum atomic E-state index is -1.36. The van der Waals surface area contributed by atoms with Crippen molar-refractivity contribution in [3.05, 3.63) is 0 Å². The van der Waals surface area contributed by atoms with E-state index < -0.39 is 12.1 Å². The van der Waals surface area contributed by atoms with Crippen molar-refractivity contribution in [3.8, 4) is 0 Å². The van der Waals surface area contributed by atoms with Crippen LogP contribution in [0.1, 0.15) is 219 Å². The summed E-state index contributed by atoms with van der Waals surface area (Å²) in [4.78, 5) is 25.3. The maximum absolute atomic E-state index is 12.7. The molecule has 4 heteroatoms. The van der Waals surface area contributed by atoms with Crippen LogP contribution in [-0.4, -0.2) is 22.9 Å². The molecule has 0 rings (SSSR count). The molecule has 42 heavy (non-hydrogen) atoms. The van der Waals surface area contributed by atoms with Crippen molar-refractivity contribution in [2.45, 2.75) is 226 Å². The lowest BCUT2D eigenvalue weighted by molar-refractivity contribution is -0.137. The van der Waals surface area contributed by atoms with Crippen LogP contribution in [0.15, 0.2) is 0 Å². The first-order valence-corrected chi connectivity index (χ1v) is 19.0. The minimum Gasteiger partial charge on any atom is -0.378 e. The Bertz CT molecular complexity index is 531. The normalized spacial score (nSPS) is 12.3. The molecular weight excluding hydrogens is 518 g/mol. The van der Waals surface area contributed by atoms with E-state index in [1.165, 1.54) is 154 Å². The van der Waals surface area contributed by atoms with Crippen molar-refractivity contribution in [1.29, 1.82) is 0 Å². The lowest BCUT2D eigenvalue weighted by atomic mass is 9.90. The predicted molar refractivity (Wildman–Crippen MR) is 183 cm³/mol. The molecule has 0 heterocycles. The second kappa shape index (κ2) is 33.2. The minimum absolute atomic E-state index is 0.161. The number of carbonyl (C=O) groups excluding carboxylic acids is 2. The van der Waals surface area contributed by atoms with Gasteiger partial charge < -0.3 is 10.8 Å². The Morgan fingerprint density at radius 3 is 0.786 bits per heavy atom. The summed E-state index contributed by atoms with van der Waals surface area (Å²) in [7, 11) is 0. The van der Waals surface area contributed by atoms with Gasteiger partial charge in [-0.1, -0.05) is 194 Å². The zero-order valence-corrected chi connectivity index (χ0v) is 28.6. The van der Waals surface area contributed by atoms with Gasteiger partial charge in [0, 0.05) is 12.8 Å². The Hall–Kier alpha value is -0.740. The first-order valence-electron chi connectivity index (χ1n) is 19.0. The van der Waals surface area contributed by atoms with Crippen LogP contribution in [0.5, 0.6) is 0 Å². The first-order chi connectivity index (χ1) is 20.5. The highest BCUT2D eigenvalue weighted by Gasteiger charge is 2.30. The molecule has 0 aliphatic carbocycles. The SMILES string of the molecule is CCCCCCCCCCCCCCCCCC(=O)C(C(=O)CCCCCCCCCCCCCCCCC)C(N)O. The van der Waals surface area contributed by atoms with Gasteiger partial charge in [-0.3, -0.25) is 9.59 Å². The monoisotopic (exact) mass is 594 g/mol. The number of aliphatic hydroxyl groups is 1. The highest BCUT2D eigenvalue weighted by molar-refractivity contribution is 6.02. The molecule has 0 aromatic carbocycles. The molecule has 0 fully saturated rings. The summed E-state index contributed by atoms with van der Waals surface area (Å²) in [5, 5.41) is 9.94. The third-order valence-electron chi connectivity index (χ3n) is 9.09. The average Bonchev–Trinajstić information content (AvgIpc) is 2.97. The van der Waals surface area contributed by atoms with Crippen LogP contribution in [0, 0.1) is 5.92 Å². The van der Waals surface area contributed by atoms with Gasteiger partial charge in [-0.15, -0.1) is 0 Å². The molecular formula is C38H75NO3. The third-order valence-corrected chi connectivity index (χ3v) is 9.09. The van der Waals surface area contributed by atoms with Gasteiger partial charge in [-0.2, -0.15) is 0 Å². The molecule has 0 amide bonds. The van der Waals surface area contributed by atoms with Gasteiger partial charge in [0.2, 0.25) is 0 Å². The Kier molecular flexibility index (Phi) is 32.6. The fraction of sp³-hybridized carbons (Fsp3) is 0.947. The van der Waals surface area contributed by atoms with E-state index in [0.717, 1.165) is 38.5 Å². The standard InChI is InChI=1S/C38H75NO3/c1-3-5-7-9-11-13-15-17-19-21-23-25-27-29-31-33-35(40)37(38(39)42)36(41)34-32-30-28-26-24-22-20-18-16-14-12-10-8-6-4-2/h37-38,42H,3-34,39H2,1-2H3. The van der Waals surface area contributed by atoms with E-state index in [0.29, 0.717) is 12.8 Å². The quantitative estimate of drug-likeness (QED) is 0.0435. The summed E-state index contributed by atoms with van der Waals surface area (Å²) in [5.74, 6) is -1.35. The molecule has 0 radical (unpaired) electrons. The van der Waals surface area contributed by atoms with Crippen molar-refractivity contribution in [2.75, 3.05) is 0 Å². The molecule has 1 atom stereocenters. The largest absolute Gasteiger partial charge is 0.378 e. The van der Waals surface area contributed by atoms with Gasteiger partial charge in [0.15, 0.2) is 0 Å². The first kappa shape index (κ1) is 41.3. The van der Waals surface area contributed by atoms with Crippen molar-refractivity contribution >= 4 is 11.6 Å². The number of hydrogen-bond donors (Lipinski definition) is 2. The van der Waals surface area contributed by atoms with Crippen molar-refractivity contribution in [3.63, 3.8) is 0 Å². The van der Waals surface area contributed by atoms with E-state index in [2.05, 4.69) is 13.8 Å². The summed E-state index contributed by atoms with van der Waals surface area (Å²) in [6, 6.07) is 0. The molecule has 0 saturated carbocycles. The van der Waals surface area contributed by atoms with Crippen LogP contribution in [-0.2, 0) is 9.59 Å². The molecule has 0 aromatic heterocycles. The van der Waals surface area contributed by atoms with Crippen LogP contribution < -0.4 is 5.73 Å². The maximum Gasteiger partial charge on any atom is 0.147 e. The Morgan fingerprint density at radius 1 is 0.405 bits per heavy atom. The maximum atomic E-state index is 12.7. The Morgan fingerprint density at radius 2 is 0.595 bits per heavy atom. The second-order valence-corrected chi connectivity index (χ2v) is 13.3. The van der Waals surface area contributed by atoms with Gasteiger partial charge in [0.05, 0.1) is 0 Å². The number of carbonyl (C=O) groups is 2. The Labute approximate surface area is 263 Å². The number of nitrogens with two attached hydrogens (primary N) is 1. The molecule has 1 unspecified atom stereocenters. The van der Waals surface area contributed by atoms with Crippen LogP contribution >= 0.6 is 0 Å². The van der Waals surface area contributed by atoms with E-state index in [-0.39, 0.29) is 11.6 Å². The lowest BCUT2D eigenvalue weighted by Crippen LogP contribution is -2.40. The molecule has 0 saturated heterocycles. The van der Waals surface area contributed by atoms with Gasteiger partial charge >= 0.3 is 0 Å². The van der Waals surface area contributed by atoms with Crippen LogP contribution in [0.3, 0.4) is 0 Å². The highest BCUT2D eigenvalue weighted by atomic mass is 16.3. The van der Waals surface area contributed by atoms with E-state index in [4.69, 9.17) is 5.73 Å². The molecule has 0 aliphatic rings. The topological polar surface area (TPSA) is 80.4 Å². The fourth-order valence-electron chi connectivity index (χ4n) is 6.21.